The normalized spacial score (nSPS) is 15.9. The lowest BCUT2D eigenvalue weighted by atomic mass is 9.98. The fourth-order valence-electron chi connectivity index (χ4n) is 3.43. The molecular formula is C24H29FN4O3. The van der Waals surface area contributed by atoms with Gasteiger partial charge in [-0.1, -0.05) is 24.3 Å². The number of likely N-dealkylation sites (N-methyl/N-ethyl adjacent to an activating group) is 1. The van der Waals surface area contributed by atoms with Gasteiger partial charge in [-0.15, -0.1) is 0 Å². The second kappa shape index (κ2) is 9.38. The fraction of sp³-hybridized carbons (Fsp3) is 0.375. The molecule has 1 atom stereocenters. The summed E-state index contributed by atoms with van der Waals surface area (Å²) in [5.74, 6) is 0.00724. The third kappa shape index (κ3) is 5.63. The van der Waals surface area contributed by atoms with Crippen molar-refractivity contribution in [2.45, 2.75) is 38.8 Å². The molecule has 0 unspecified atom stereocenters. The first-order valence-corrected chi connectivity index (χ1v) is 10.4. The van der Waals surface area contributed by atoms with Crippen molar-refractivity contribution >= 4 is 17.6 Å². The summed E-state index contributed by atoms with van der Waals surface area (Å²) in [5.41, 5.74) is 1.90. The Hall–Kier alpha value is -3.42. The summed E-state index contributed by atoms with van der Waals surface area (Å²) in [6.07, 6.45) is 0.461. The number of nitrogens with zero attached hydrogens (tertiary/aromatic N) is 3. The number of carbonyl (C=O) groups excluding carboxylic acids is 2. The van der Waals surface area contributed by atoms with E-state index in [-0.39, 0.29) is 24.3 Å². The Labute approximate surface area is 187 Å². The van der Waals surface area contributed by atoms with E-state index in [2.05, 4.69) is 10.4 Å². The summed E-state index contributed by atoms with van der Waals surface area (Å²) in [6, 6.07) is 12.7. The maximum Gasteiger partial charge on any atom is 0.318 e. The number of hydrogen-bond acceptors (Lipinski definition) is 4. The molecule has 0 aliphatic carbocycles. The summed E-state index contributed by atoms with van der Waals surface area (Å²) in [7, 11) is 3.15. The highest BCUT2D eigenvalue weighted by Crippen LogP contribution is 2.33. The van der Waals surface area contributed by atoms with Crippen LogP contribution in [0.4, 0.5) is 9.18 Å². The molecule has 1 aliphatic heterocycles. The number of methoxy groups -OCH3 is 1. The number of amides is 3. The van der Waals surface area contributed by atoms with Crippen LogP contribution in [0.1, 0.15) is 44.4 Å². The summed E-state index contributed by atoms with van der Waals surface area (Å²) >= 11 is 0. The molecule has 8 heteroatoms. The van der Waals surface area contributed by atoms with Crippen LogP contribution in [0.25, 0.3) is 0 Å². The van der Waals surface area contributed by atoms with E-state index in [9.17, 15) is 14.0 Å². The Balaban J connectivity index is 1.86. The number of hydrogen-bond donors (Lipinski definition) is 1. The zero-order valence-corrected chi connectivity index (χ0v) is 19.1. The van der Waals surface area contributed by atoms with Gasteiger partial charge in [0.05, 0.1) is 18.9 Å². The van der Waals surface area contributed by atoms with Gasteiger partial charge < -0.3 is 15.0 Å². The van der Waals surface area contributed by atoms with Gasteiger partial charge in [-0.05, 0) is 50.6 Å². The monoisotopic (exact) mass is 440 g/mol. The van der Waals surface area contributed by atoms with Crippen molar-refractivity contribution in [3.8, 4) is 5.75 Å². The second-order valence-electron chi connectivity index (χ2n) is 8.82. The zero-order chi connectivity index (χ0) is 23.5. The number of carbonyl (C=O) groups is 2. The topological polar surface area (TPSA) is 74.2 Å². The Morgan fingerprint density at radius 2 is 1.91 bits per heavy atom. The molecule has 7 nitrogen and oxygen atoms in total. The average Bonchev–Trinajstić information content (AvgIpc) is 3.18. The van der Waals surface area contributed by atoms with E-state index in [1.807, 2.05) is 45.0 Å². The van der Waals surface area contributed by atoms with Crippen LogP contribution in [-0.2, 0) is 4.79 Å². The maximum absolute atomic E-state index is 13.5. The Morgan fingerprint density at radius 1 is 1.22 bits per heavy atom. The SMILES string of the molecule is COc1cccc(C2=NN(C(=O)CN(C)C(=O)NC(C)(C)C)[C@@H](c3ccc(F)cc3)C2)c1. The molecule has 170 valence electrons. The van der Waals surface area contributed by atoms with Crippen LogP contribution in [0.3, 0.4) is 0 Å². The van der Waals surface area contributed by atoms with Crippen molar-refractivity contribution in [3.63, 3.8) is 0 Å². The van der Waals surface area contributed by atoms with Gasteiger partial charge in [0.15, 0.2) is 0 Å². The number of halogens is 1. The number of rotatable bonds is 5. The van der Waals surface area contributed by atoms with E-state index in [1.54, 1.807) is 26.3 Å². The molecule has 0 bridgehead atoms. The largest absolute Gasteiger partial charge is 0.497 e. The highest BCUT2D eigenvalue weighted by Gasteiger charge is 2.34. The predicted molar refractivity (Wildman–Crippen MR) is 121 cm³/mol. The van der Waals surface area contributed by atoms with Crippen molar-refractivity contribution in [1.29, 1.82) is 0 Å². The van der Waals surface area contributed by atoms with Crippen molar-refractivity contribution in [2.24, 2.45) is 5.10 Å². The highest BCUT2D eigenvalue weighted by atomic mass is 19.1. The second-order valence-corrected chi connectivity index (χ2v) is 8.82. The molecule has 2 aromatic rings. The minimum Gasteiger partial charge on any atom is -0.497 e. The van der Waals surface area contributed by atoms with Crippen molar-refractivity contribution in [1.82, 2.24) is 15.2 Å². The fourth-order valence-corrected chi connectivity index (χ4v) is 3.43. The molecule has 1 N–H and O–H groups in total. The van der Waals surface area contributed by atoms with Gasteiger partial charge in [-0.25, -0.2) is 14.2 Å². The van der Waals surface area contributed by atoms with Gasteiger partial charge in [-0.2, -0.15) is 5.10 Å². The Bertz CT molecular complexity index is 1010. The minimum atomic E-state index is -0.420. The molecular weight excluding hydrogens is 411 g/mol. The molecule has 3 rings (SSSR count). The van der Waals surface area contributed by atoms with Gasteiger partial charge in [-0.3, -0.25) is 4.79 Å². The number of urea groups is 1. The first kappa shape index (κ1) is 23.2. The third-order valence-electron chi connectivity index (χ3n) is 5.02. The van der Waals surface area contributed by atoms with Gasteiger partial charge in [0.25, 0.3) is 5.91 Å². The average molecular weight is 441 g/mol. The summed E-state index contributed by atoms with van der Waals surface area (Å²) in [6.45, 7) is 5.47. The first-order chi connectivity index (χ1) is 15.1. The third-order valence-corrected chi connectivity index (χ3v) is 5.02. The van der Waals surface area contributed by atoms with Gasteiger partial charge in [0, 0.05) is 24.6 Å². The van der Waals surface area contributed by atoms with Crippen molar-refractivity contribution < 1.29 is 18.7 Å². The smallest absolute Gasteiger partial charge is 0.318 e. The van der Waals surface area contributed by atoms with Crippen molar-refractivity contribution in [3.05, 3.63) is 65.5 Å². The number of ether oxygens (including phenoxy) is 1. The Morgan fingerprint density at radius 3 is 2.53 bits per heavy atom. The lowest BCUT2D eigenvalue weighted by Gasteiger charge is -2.27. The standard InChI is InChI=1S/C24H29FN4O3/c1-24(2,3)26-23(31)28(4)15-22(30)29-21(16-9-11-18(25)12-10-16)14-20(27-29)17-7-6-8-19(13-17)32-5/h6-13,21H,14-15H2,1-5H3,(H,26,31)/t21-/m1/s1. The molecule has 0 saturated heterocycles. The van der Waals surface area contributed by atoms with E-state index in [0.29, 0.717) is 17.9 Å². The lowest BCUT2D eigenvalue weighted by Crippen LogP contribution is -2.49. The van der Waals surface area contributed by atoms with Gasteiger partial charge >= 0.3 is 6.03 Å². The molecule has 0 saturated carbocycles. The van der Waals surface area contributed by atoms with E-state index in [4.69, 9.17) is 4.74 Å². The van der Waals surface area contributed by atoms with Gasteiger partial charge in [0.1, 0.15) is 18.1 Å². The number of hydrazone groups is 1. The van der Waals surface area contributed by atoms with Crippen LogP contribution in [0, 0.1) is 5.82 Å². The molecule has 0 spiro atoms. The molecule has 2 aromatic carbocycles. The molecule has 0 fully saturated rings. The number of nitrogens with one attached hydrogen (secondary N) is 1. The molecule has 0 radical (unpaired) electrons. The lowest BCUT2D eigenvalue weighted by molar-refractivity contribution is -0.133. The summed E-state index contributed by atoms with van der Waals surface area (Å²) in [5, 5.41) is 8.82. The van der Waals surface area contributed by atoms with E-state index in [1.165, 1.54) is 22.0 Å². The minimum absolute atomic E-state index is 0.144. The van der Waals surface area contributed by atoms with Crippen LogP contribution in [0.15, 0.2) is 53.6 Å². The quantitative estimate of drug-likeness (QED) is 0.765. The van der Waals surface area contributed by atoms with Gasteiger partial charge in [0.2, 0.25) is 0 Å². The van der Waals surface area contributed by atoms with Crippen molar-refractivity contribution in [2.75, 3.05) is 20.7 Å². The van der Waals surface area contributed by atoms with Crippen LogP contribution < -0.4 is 10.1 Å². The molecule has 3 amide bonds. The molecule has 1 aliphatic rings. The first-order valence-electron chi connectivity index (χ1n) is 10.4. The van der Waals surface area contributed by atoms with E-state index >= 15 is 0 Å². The zero-order valence-electron chi connectivity index (χ0n) is 19.1. The van der Waals surface area contributed by atoms with Crippen LogP contribution in [-0.4, -0.2) is 53.8 Å². The van der Waals surface area contributed by atoms with E-state index in [0.717, 1.165) is 11.1 Å². The van der Waals surface area contributed by atoms with Crippen LogP contribution in [0.5, 0.6) is 5.75 Å². The maximum atomic E-state index is 13.5. The molecule has 32 heavy (non-hydrogen) atoms. The Kier molecular flexibility index (Phi) is 6.81. The van der Waals surface area contributed by atoms with Crippen LogP contribution >= 0.6 is 0 Å². The predicted octanol–water partition coefficient (Wildman–Crippen LogP) is 3.95. The van der Waals surface area contributed by atoms with Crippen LogP contribution in [0.2, 0.25) is 0 Å². The summed E-state index contributed by atoms with van der Waals surface area (Å²) < 4.78 is 18.8. The van der Waals surface area contributed by atoms with E-state index < -0.39 is 11.6 Å². The summed E-state index contributed by atoms with van der Waals surface area (Å²) in [4.78, 5) is 26.9. The molecule has 1 heterocycles. The molecule has 0 aromatic heterocycles. The highest BCUT2D eigenvalue weighted by molar-refractivity contribution is 6.03. The number of benzene rings is 2.